The maximum atomic E-state index is 12.9. The van der Waals surface area contributed by atoms with E-state index in [9.17, 15) is 13.2 Å². The van der Waals surface area contributed by atoms with Gasteiger partial charge in [0.05, 0.1) is 17.3 Å². The summed E-state index contributed by atoms with van der Waals surface area (Å²) in [6, 6.07) is 6.43. The lowest BCUT2D eigenvalue weighted by molar-refractivity contribution is -0.0281. The van der Waals surface area contributed by atoms with Crippen molar-refractivity contribution in [3.05, 3.63) is 46.5 Å². The van der Waals surface area contributed by atoms with E-state index in [1.807, 2.05) is 20.8 Å². The summed E-state index contributed by atoms with van der Waals surface area (Å²) < 4.78 is 39.1. The number of hydrogen-bond donors (Lipinski definition) is 2. The zero-order valence-electron chi connectivity index (χ0n) is 16.8. The molecule has 4 rings (SSSR count). The van der Waals surface area contributed by atoms with Crippen LogP contribution in [0.4, 0.5) is 5.95 Å². The minimum atomic E-state index is -4.05. The Morgan fingerprint density at radius 3 is 2.67 bits per heavy atom. The number of hydrogen-bond acceptors (Lipinski definition) is 8. The number of nitrogens with two attached hydrogens (primary N) is 1. The number of rotatable bonds is 5. The van der Waals surface area contributed by atoms with Crippen LogP contribution in [0.25, 0.3) is 11.2 Å². The predicted octanol–water partition coefficient (Wildman–Crippen LogP) is 1.73. The van der Waals surface area contributed by atoms with E-state index in [0.717, 1.165) is 5.56 Å². The number of fused-ring (bicyclic) bond motifs is 1. The van der Waals surface area contributed by atoms with E-state index in [1.54, 1.807) is 12.1 Å². The number of anilines is 1. The zero-order chi connectivity index (χ0) is 21.6. The average molecular weight is 433 g/mol. The van der Waals surface area contributed by atoms with Crippen LogP contribution in [0.5, 0.6) is 0 Å². The Bertz CT molecular complexity index is 1230. The van der Waals surface area contributed by atoms with Crippen LogP contribution in [-0.4, -0.2) is 40.1 Å². The van der Waals surface area contributed by atoms with Crippen molar-refractivity contribution in [3.63, 3.8) is 0 Å². The van der Waals surface area contributed by atoms with Crippen LogP contribution in [0.1, 0.15) is 32.1 Å². The Balaban J connectivity index is 1.75. The molecule has 30 heavy (non-hydrogen) atoms. The van der Waals surface area contributed by atoms with E-state index >= 15 is 0 Å². The highest BCUT2D eigenvalue weighted by Gasteiger charge is 2.46. The molecule has 0 spiro atoms. The topological polar surface area (TPSA) is 142 Å². The van der Waals surface area contributed by atoms with Crippen LogP contribution in [0, 0.1) is 12.8 Å². The van der Waals surface area contributed by atoms with Gasteiger partial charge in [0.1, 0.15) is 6.10 Å². The summed E-state index contributed by atoms with van der Waals surface area (Å²) in [6.07, 6.45) is 0.108. The molecule has 160 valence electrons. The van der Waals surface area contributed by atoms with Gasteiger partial charge in [-0.25, -0.2) is 4.98 Å². The van der Waals surface area contributed by atoms with Gasteiger partial charge in [0, 0.05) is 5.92 Å². The zero-order valence-corrected chi connectivity index (χ0v) is 17.6. The van der Waals surface area contributed by atoms with Crippen molar-refractivity contribution in [1.29, 1.82) is 0 Å². The first kappa shape index (κ1) is 20.5. The molecule has 1 saturated heterocycles. The van der Waals surface area contributed by atoms with Crippen molar-refractivity contribution in [1.82, 2.24) is 19.5 Å². The molecule has 3 aromatic rings. The van der Waals surface area contributed by atoms with Gasteiger partial charge in [0.25, 0.3) is 15.7 Å². The van der Waals surface area contributed by atoms with Gasteiger partial charge >= 0.3 is 0 Å². The van der Waals surface area contributed by atoms with Gasteiger partial charge in [-0.15, -0.1) is 0 Å². The number of nitrogen functional groups attached to an aromatic ring is 1. The monoisotopic (exact) mass is 433 g/mol. The lowest BCUT2D eigenvalue weighted by Gasteiger charge is -2.22. The standard InChI is InChI=1S/C19H23N5O5S/c1-4-13-11(3)15(29-30(26,27)12-7-5-10(2)6-8-12)18(28-13)24-9-21-14-16(24)22-19(20)23-17(14)25/h5-9,11,13,15,18H,4H2,1-3H3,(H3,20,22,23,25)/t11-,13-,15-,18-/m1/s1. The number of nitrogens with zero attached hydrogens (tertiary/aromatic N) is 3. The van der Waals surface area contributed by atoms with Gasteiger partial charge in [-0.3, -0.25) is 18.5 Å². The minimum Gasteiger partial charge on any atom is -0.369 e. The molecule has 11 heteroatoms. The maximum absolute atomic E-state index is 12.9. The number of nitrogens with one attached hydrogen (secondary N) is 1. The average Bonchev–Trinajstić information content (AvgIpc) is 3.23. The van der Waals surface area contributed by atoms with Crippen LogP contribution < -0.4 is 11.3 Å². The molecule has 4 atom stereocenters. The Labute approximate surface area is 173 Å². The fourth-order valence-corrected chi connectivity index (χ4v) is 4.86. The summed E-state index contributed by atoms with van der Waals surface area (Å²) >= 11 is 0. The molecule has 1 aliphatic rings. The molecule has 0 radical (unpaired) electrons. The highest BCUT2D eigenvalue weighted by Crippen LogP contribution is 2.39. The summed E-state index contributed by atoms with van der Waals surface area (Å²) in [6.45, 7) is 5.69. The number of ether oxygens (including phenoxy) is 1. The third kappa shape index (κ3) is 3.48. The van der Waals surface area contributed by atoms with E-state index in [-0.39, 0.29) is 34.0 Å². The van der Waals surface area contributed by atoms with Gasteiger partial charge in [-0.05, 0) is 25.5 Å². The highest BCUT2D eigenvalue weighted by atomic mass is 32.2. The van der Waals surface area contributed by atoms with Crippen molar-refractivity contribution >= 4 is 27.2 Å². The molecule has 0 saturated carbocycles. The van der Waals surface area contributed by atoms with Crippen molar-refractivity contribution in [2.24, 2.45) is 5.92 Å². The van der Waals surface area contributed by atoms with Crippen LogP contribution in [0.2, 0.25) is 0 Å². The van der Waals surface area contributed by atoms with E-state index in [4.69, 9.17) is 14.7 Å². The van der Waals surface area contributed by atoms with Gasteiger partial charge < -0.3 is 10.5 Å². The van der Waals surface area contributed by atoms with Gasteiger partial charge in [-0.1, -0.05) is 31.5 Å². The third-order valence-electron chi connectivity index (χ3n) is 5.37. The number of benzene rings is 1. The molecule has 1 aromatic carbocycles. The Kier molecular flexibility index (Phi) is 5.12. The first-order valence-electron chi connectivity index (χ1n) is 9.59. The quantitative estimate of drug-likeness (QED) is 0.579. The molecule has 3 heterocycles. The number of aromatic amines is 1. The Morgan fingerprint density at radius 1 is 1.30 bits per heavy atom. The Hall–Kier alpha value is -2.76. The van der Waals surface area contributed by atoms with Crippen LogP contribution in [0.15, 0.2) is 40.3 Å². The van der Waals surface area contributed by atoms with E-state index in [1.165, 1.54) is 23.0 Å². The first-order valence-corrected chi connectivity index (χ1v) is 11.0. The van der Waals surface area contributed by atoms with Gasteiger partial charge in [0.2, 0.25) is 5.95 Å². The molecule has 10 nitrogen and oxygen atoms in total. The molecule has 0 amide bonds. The highest BCUT2D eigenvalue weighted by molar-refractivity contribution is 7.86. The summed E-state index contributed by atoms with van der Waals surface area (Å²) in [5.41, 5.74) is 6.42. The fraction of sp³-hybridized carbons (Fsp3) is 0.421. The van der Waals surface area contributed by atoms with Crippen LogP contribution in [-0.2, 0) is 19.0 Å². The summed E-state index contributed by atoms with van der Waals surface area (Å²) in [5, 5.41) is 0. The van der Waals surface area contributed by atoms with Gasteiger partial charge in [-0.2, -0.15) is 13.4 Å². The lowest BCUT2D eigenvalue weighted by Crippen LogP contribution is -2.30. The minimum absolute atomic E-state index is 0.0632. The maximum Gasteiger partial charge on any atom is 0.297 e. The molecule has 1 aliphatic heterocycles. The molecule has 0 unspecified atom stereocenters. The second kappa shape index (κ2) is 7.49. The molecular weight excluding hydrogens is 410 g/mol. The fourth-order valence-electron chi connectivity index (χ4n) is 3.71. The van der Waals surface area contributed by atoms with E-state index in [0.29, 0.717) is 6.42 Å². The second-order valence-corrected chi connectivity index (χ2v) is 9.01. The van der Waals surface area contributed by atoms with Crippen molar-refractivity contribution in [2.45, 2.75) is 50.5 Å². The Morgan fingerprint density at radius 2 is 2.00 bits per heavy atom. The summed E-state index contributed by atoms with van der Waals surface area (Å²) in [4.78, 5) is 22.8. The van der Waals surface area contributed by atoms with Crippen LogP contribution >= 0.6 is 0 Å². The second-order valence-electron chi connectivity index (χ2n) is 7.44. The molecule has 0 bridgehead atoms. The molecule has 0 aliphatic carbocycles. The molecule has 3 N–H and O–H groups in total. The van der Waals surface area contributed by atoms with Gasteiger partial charge in [0.15, 0.2) is 17.4 Å². The van der Waals surface area contributed by atoms with Crippen molar-refractivity contribution in [3.8, 4) is 0 Å². The van der Waals surface area contributed by atoms with Crippen LogP contribution in [0.3, 0.4) is 0 Å². The number of imidazole rings is 1. The molecule has 2 aromatic heterocycles. The summed E-state index contributed by atoms with van der Waals surface area (Å²) in [5.74, 6) is -0.311. The normalized spacial score (nSPS) is 24.5. The van der Waals surface area contributed by atoms with E-state index in [2.05, 4.69) is 15.0 Å². The first-order chi connectivity index (χ1) is 14.2. The number of H-pyrrole nitrogens is 1. The number of aryl methyl sites for hydroxylation is 1. The SMILES string of the molecule is CC[C@H]1O[C@@H](n2cnc3c(=O)[nH]c(N)nc32)[C@H](OS(=O)(=O)c2ccc(C)cc2)[C@@H]1C. The largest absolute Gasteiger partial charge is 0.369 e. The lowest BCUT2D eigenvalue weighted by atomic mass is 9.99. The van der Waals surface area contributed by atoms with Crippen molar-refractivity contribution in [2.75, 3.05) is 5.73 Å². The molecule has 1 fully saturated rings. The molecular formula is C19H23N5O5S. The van der Waals surface area contributed by atoms with E-state index < -0.39 is 28.0 Å². The third-order valence-corrected chi connectivity index (χ3v) is 6.70. The summed E-state index contributed by atoms with van der Waals surface area (Å²) in [7, 11) is -4.05. The number of aromatic nitrogens is 4. The van der Waals surface area contributed by atoms with Crippen molar-refractivity contribution < 1.29 is 17.3 Å². The smallest absolute Gasteiger partial charge is 0.297 e. The predicted molar refractivity (Wildman–Crippen MR) is 109 cm³/mol.